The molecule has 1 N–H and O–H groups in total. The fraction of sp³-hybridized carbons (Fsp3) is 0.250. The van der Waals surface area contributed by atoms with Crippen LogP contribution < -0.4 is 4.74 Å². The van der Waals surface area contributed by atoms with Crippen molar-refractivity contribution in [3.8, 4) is 5.88 Å². The maximum absolute atomic E-state index is 9.95. The molecule has 2 aromatic heterocycles. The summed E-state index contributed by atoms with van der Waals surface area (Å²) in [5.41, 5.74) is 1.54. The average molecular weight is 219 g/mol. The highest BCUT2D eigenvalue weighted by Crippen LogP contribution is 2.18. The zero-order valence-corrected chi connectivity index (χ0v) is 8.96. The van der Waals surface area contributed by atoms with Crippen molar-refractivity contribution in [1.29, 1.82) is 0 Å². The lowest BCUT2D eigenvalue weighted by Gasteiger charge is -2.09. The summed E-state index contributed by atoms with van der Waals surface area (Å²) in [7, 11) is 1.55. The molecule has 0 amide bonds. The minimum Gasteiger partial charge on any atom is -0.481 e. The van der Waals surface area contributed by atoms with E-state index in [0.29, 0.717) is 18.0 Å². The Morgan fingerprint density at radius 3 is 3.00 bits per heavy atom. The van der Waals surface area contributed by atoms with Gasteiger partial charge in [0.05, 0.1) is 25.3 Å². The van der Waals surface area contributed by atoms with Crippen molar-refractivity contribution in [2.24, 2.45) is 0 Å². The summed E-state index contributed by atoms with van der Waals surface area (Å²) in [5.74, 6) is 0.503. The van der Waals surface area contributed by atoms with Crippen LogP contribution in [0.5, 0.6) is 5.88 Å². The maximum Gasteiger partial charge on any atom is 0.213 e. The first-order valence-electron chi connectivity index (χ1n) is 4.99. The third kappa shape index (κ3) is 2.41. The summed E-state index contributed by atoms with van der Waals surface area (Å²) in [6.07, 6.45) is 3.04. The smallest absolute Gasteiger partial charge is 0.213 e. The second-order valence-electron chi connectivity index (χ2n) is 3.46. The molecule has 1 atom stereocenters. The van der Waals surface area contributed by atoms with E-state index in [1.54, 1.807) is 37.8 Å². The van der Waals surface area contributed by atoms with E-state index in [-0.39, 0.29) is 0 Å². The van der Waals surface area contributed by atoms with Gasteiger partial charge in [-0.1, -0.05) is 6.07 Å². The number of pyridine rings is 1. The predicted octanol–water partition coefficient (Wildman–Crippen LogP) is 1.96. The molecule has 0 spiro atoms. The number of aromatic nitrogens is 1. The first-order chi connectivity index (χ1) is 7.79. The number of methoxy groups -OCH3 is 1. The Bertz CT molecular complexity index is 439. The third-order valence-electron chi connectivity index (χ3n) is 2.30. The molecule has 1 unspecified atom stereocenters. The van der Waals surface area contributed by atoms with Crippen molar-refractivity contribution in [3.63, 3.8) is 0 Å². The lowest BCUT2D eigenvalue weighted by atomic mass is 10.1. The van der Waals surface area contributed by atoms with Crippen LogP contribution in [-0.2, 0) is 6.42 Å². The van der Waals surface area contributed by atoms with Crippen molar-refractivity contribution >= 4 is 0 Å². The van der Waals surface area contributed by atoms with Crippen molar-refractivity contribution in [2.45, 2.75) is 12.5 Å². The molecule has 84 valence electrons. The number of rotatable bonds is 4. The van der Waals surface area contributed by atoms with Crippen LogP contribution in [0.15, 0.2) is 41.2 Å². The van der Waals surface area contributed by atoms with Crippen LogP contribution in [0.1, 0.15) is 17.4 Å². The molecular formula is C12H13NO3. The van der Waals surface area contributed by atoms with Gasteiger partial charge < -0.3 is 14.3 Å². The van der Waals surface area contributed by atoms with Crippen LogP contribution in [-0.4, -0.2) is 17.2 Å². The van der Waals surface area contributed by atoms with Gasteiger partial charge in [-0.25, -0.2) is 4.98 Å². The minimum atomic E-state index is -0.646. The Morgan fingerprint density at radius 2 is 2.31 bits per heavy atom. The van der Waals surface area contributed by atoms with Gasteiger partial charge in [0, 0.05) is 12.5 Å². The first kappa shape index (κ1) is 10.7. The number of hydrogen-bond acceptors (Lipinski definition) is 4. The third-order valence-corrected chi connectivity index (χ3v) is 2.30. The quantitative estimate of drug-likeness (QED) is 0.854. The summed E-state index contributed by atoms with van der Waals surface area (Å²) in [6, 6.07) is 7.14. The number of aliphatic hydroxyl groups excluding tert-OH is 1. The van der Waals surface area contributed by atoms with E-state index in [2.05, 4.69) is 4.98 Å². The zero-order chi connectivity index (χ0) is 11.4. The number of furan rings is 1. The lowest BCUT2D eigenvalue weighted by molar-refractivity contribution is 0.172. The molecule has 0 aliphatic heterocycles. The van der Waals surface area contributed by atoms with Crippen LogP contribution in [0, 0.1) is 0 Å². The summed E-state index contributed by atoms with van der Waals surface area (Å²) >= 11 is 0. The molecule has 0 aliphatic carbocycles. The molecule has 0 bridgehead atoms. The fourth-order valence-electron chi connectivity index (χ4n) is 1.47. The van der Waals surface area contributed by atoms with Crippen molar-refractivity contribution in [3.05, 3.63) is 48.0 Å². The van der Waals surface area contributed by atoms with Gasteiger partial charge in [-0.15, -0.1) is 0 Å². The van der Waals surface area contributed by atoms with Crippen LogP contribution in [0.25, 0.3) is 0 Å². The van der Waals surface area contributed by atoms with Gasteiger partial charge in [-0.3, -0.25) is 0 Å². The van der Waals surface area contributed by atoms with E-state index in [4.69, 9.17) is 9.15 Å². The monoisotopic (exact) mass is 219 g/mol. The van der Waals surface area contributed by atoms with Crippen molar-refractivity contribution < 1.29 is 14.3 Å². The molecule has 0 saturated heterocycles. The Labute approximate surface area is 93.5 Å². The van der Waals surface area contributed by atoms with Crippen LogP contribution in [0.4, 0.5) is 0 Å². The van der Waals surface area contributed by atoms with E-state index >= 15 is 0 Å². The van der Waals surface area contributed by atoms with Gasteiger partial charge in [-0.05, 0) is 17.7 Å². The summed E-state index contributed by atoms with van der Waals surface area (Å²) < 4.78 is 9.94. The molecule has 2 rings (SSSR count). The Balaban J connectivity index is 2.11. The lowest BCUT2D eigenvalue weighted by Crippen LogP contribution is -2.04. The maximum atomic E-state index is 9.95. The number of hydrogen-bond donors (Lipinski definition) is 1. The first-order valence-corrected chi connectivity index (χ1v) is 4.99. The topological polar surface area (TPSA) is 55.5 Å². The summed E-state index contributed by atoms with van der Waals surface area (Å²) in [5, 5.41) is 9.95. The standard InChI is InChI=1S/C12H13NO3/c1-15-12-4-2-3-10(13-12)11(14)7-9-5-6-16-8-9/h2-6,8,11,14H,7H2,1H3. The molecule has 4 nitrogen and oxygen atoms in total. The van der Waals surface area contributed by atoms with Crippen molar-refractivity contribution in [1.82, 2.24) is 4.98 Å². The Hall–Kier alpha value is -1.81. The van der Waals surface area contributed by atoms with E-state index in [1.807, 2.05) is 6.07 Å². The Morgan fingerprint density at radius 1 is 1.44 bits per heavy atom. The molecule has 0 saturated carbocycles. The predicted molar refractivity (Wildman–Crippen MR) is 58.2 cm³/mol. The van der Waals surface area contributed by atoms with E-state index < -0.39 is 6.10 Å². The van der Waals surface area contributed by atoms with Crippen LogP contribution in [0.2, 0.25) is 0 Å². The number of ether oxygens (including phenoxy) is 1. The van der Waals surface area contributed by atoms with Crippen LogP contribution in [0.3, 0.4) is 0 Å². The molecule has 2 aromatic rings. The van der Waals surface area contributed by atoms with E-state index in [0.717, 1.165) is 5.56 Å². The normalized spacial score (nSPS) is 12.4. The highest BCUT2D eigenvalue weighted by Gasteiger charge is 2.11. The van der Waals surface area contributed by atoms with E-state index in [9.17, 15) is 5.11 Å². The molecular weight excluding hydrogens is 206 g/mol. The van der Waals surface area contributed by atoms with Gasteiger partial charge in [0.15, 0.2) is 0 Å². The molecule has 0 radical (unpaired) electrons. The van der Waals surface area contributed by atoms with Crippen molar-refractivity contribution in [2.75, 3.05) is 7.11 Å². The number of nitrogens with zero attached hydrogens (tertiary/aromatic N) is 1. The summed E-state index contributed by atoms with van der Waals surface area (Å²) in [4.78, 5) is 4.17. The largest absolute Gasteiger partial charge is 0.481 e. The van der Waals surface area contributed by atoms with Gasteiger partial charge in [0.2, 0.25) is 5.88 Å². The average Bonchev–Trinajstić information content (AvgIpc) is 2.82. The number of aliphatic hydroxyl groups is 1. The Kier molecular flexibility index (Phi) is 3.22. The molecule has 0 fully saturated rings. The molecule has 0 aromatic carbocycles. The highest BCUT2D eigenvalue weighted by atomic mass is 16.5. The molecule has 2 heterocycles. The van der Waals surface area contributed by atoms with Crippen LogP contribution >= 0.6 is 0 Å². The second kappa shape index (κ2) is 4.81. The molecule has 16 heavy (non-hydrogen) atoms. The van der Waals surface area contributed by atoms with E-state index in [1.165, 1.54) is 0 Å². The van der Waals surface area contributed by atoms with Gasteiger partial charge in [0.25, 0.3) is 0 Å². The fourth-order valence-corrected chi connectivity index (χ4v) is 1.47. The highest BCUT2D eigenvalue weighted by molar-refractivity contribution is 5.19. The SMILES string of the molecule is COc1cccc(C(O)Cc2ccoc2)n1. The molecule has 0 aliphatic rings. The summed E-state index contributed by atoms with van der Waals surface area (Å²) in [6.45, 7) is 0. The zero-order valence-electron chi connectivity index (χ0n) is 8.96. The second-order valence-corrected chi connectivity index (χ2v) is 3.46. The van der Waals surface area contributed by atoms with Gasteiger partial charge in [0.1, 0.15) is 6.10 Å². The minimum absolute atomic E-state index is 0.483. The molecule has 4 heteroatoms. The van der Waals surface area contributed by atoms with Gasteiger partial charge in [-0.2, -0.15) is 0 Å². The van der Waals surface area contributed by atoms with Gasteiger partial charge >= 0.3 is 0 Å².